The summed E-state index contributed by atoms with van der Waals surface area (Å²) in [7, 11) is 0. The third-order valence-electron chi connectivity index (χ3n) is 8.99. The summed E-state index contributed by atoms with van der Waals surface area (Å²) in [4.78, 5) is 6.99. The molecule has 2 aliphatic carbocycles. The van der Waals surface area contributed by atoms with Gasteiger partial charge >= 0.3 is 0 Å². The van der Waals surface area contributed by atoms with E-state index in [1.807, 2.05) is 12.4 Å². The van der Waals surface area contributed by atoms with Gasteiger partial charge in [-0.3, -0.25) is 9.89 Å². The number of alkyl halides is 2. The lowest BCUT2D eigenvalue weighted by molar-refractivity contribution is -0.0224. The Morgan fingerprint density at radius 2 is 1.92 bits per heavy atom. The fourth-order valence-corrected chi connectivity index (χ4v) is 6.82. The van der Waals surface area contributed by atoms with Crippen LogP contribution in [0.25, 0.3) is 0 Å². The molecule has 3 aliphatic heterocycles. The SMILES string of the molecule is NC/C(=C\NC1CCNCC1)C1=CN=C2CCCC(C3CC(F)C(CN4CCOCC4)C(F)C3)C2N1. The van der Waals surface area contributed by atoms with E-state index in [4.69, 9.17) is 15.5 Å². The number of ether oxygens (including phenoxy) is 1. The lowest BCUT2D eigenvalue weighted by Gasteiger charge is -2.45. The molecule has 7 nitrogen and oxygen atoms in total. The number of morpholine rings is 1. The molecule has 0 aromatic carbocycles. The minimum absolute atomic E-state index is 0.0245. The lowest BCUT2D eigenvalue weighted by atomic mass is 9.67. The molecule has 0 spiro atoms. The van der Waals surface area contributed by atoms with E-state index in [2.05, 4.69) is 20.9 Å². The number of hydrogen-bond donors (Lipinski definition) is 4. The van der Waals surface area contributed by atoms with Gasteiger partial charge in [-0.1, -0.05) is 0 Å². The second-order valence-electron chi connectivity index (χ2n) is 11.2. The zero-order valence-corrected chi connectivity index (χ0v) is 21.4. The molecule has 2 saturated heterocycles. The van der Waals surface area contributed by atoms with E-state index in [9.17, 15) is 0 Å². The Hall–Kier alpha value is -1.55. The van der Waals surface area contributed by atoms with Crippen molar-refractivity contribution in [3.8, 4) is 0 Å². The van der Waals surface area contributed by atoms with Crippen molar-refractivity contribution in [1.82, 2.24) is 20.9 Å². The molecular formula is C27H44F2N6O. The maximum Gasteiger partial charge on any atom is 0.107 e. The normalized spacial score (nSPS) is 36.9. The predicted octanol–water partition coefficient (Wildman–Crippen LogP) is 2.26. The van der Waals surface area contributed by atoms with Gasteiger partial charge in [-0.25, -0.2) is 8.78 Å². The number of aliphatic imine (C=N–C) groups is 1. The number of rotatable bonds is 7. The van der Waals surface area contributed by atoms with Gasteiger partial charge in [0.1, 0.15) is 12.3 Å². The van der Waals surface area contributed by atoms with Crippen molar-refractivity contribution >= 4 is 5.71 Å². The summed E-state index contributed by atoms with van der Waals surface area (Å²) in [5, 5.41) is 10.6. The molecule has 0 aromatic heterocycles. The Bertz CT molecular complexity index is 811. The van der Waals surface area contributed by atoms with E-state index < -0.39 is 18.3 Å². The van der Waals surface area contributed by atoms with Gasteiger partial charge in [0, 0.05) is 55.6 Å². The van der Waals surface area contributed by atoms with Gasteiger partial charge in [-0.2, -0.15) is 0 Å². The molecule has 0 bridgehead atoms. The summed E-state index contributed by atoms with van der Waals surface area (Å²) in [6.45, 7) is 5.82. The zero-order chi connectivity index (χ0) is 24.9. The van der Waals surface area contributed by atoms with Crippen LogP contribution in [0.15, 0.2) is 28.7 Å². The summed E-state index contributed by atoms with van der Waals surface area (Å²) in [5.41, 5.74) is 9.20. The maximum absolute atomic E-state index is 15.4. The molecule has 36 heavy (non-hydrogen) atoms. The highest BCUT2D eigenvalue weighted by Crippen LogP contribution is 2.43. The number of nitrogens with two attached hydrogens (primary N) is 1. The Morgan fingerprint density at radius 1 is 1.17 bits per heavy atom. The maximum atomic E-state index is 15.4. The van der Waals surface area contributed by atoms with Crippen LogP contribution in [0.1, 0.15) is 44.9 Å². The molecule has 5 rings (SSSR count). The molecule has 4 unspecified atom stereocenters. The van der Waals surface area contributed by atoms with Crippen molar-refractivity contribution in [3.05, 3.63) is 23.7 Å². The highest BCUT2D eigenvalue weighted by atomic mass is 19.1. The van der Waals surface area contributed by atoms with Crippen molar-refractivity contribution in [2.75, 3.05) is 52.5 Å². The molecule has 3 heterocycles. The molecule has 9 heteroatoms. The third kappa shape index (κ3) is 6.11. The molecule has 5 N–H and O–H groups in total. The van der Waals surface area contributed by atoms with Crippen molar-refractivity contribution in [2.24, 2.45) is 28.5 Å². The average Bonchev–Trinajstić information content (AvgIpc) is 2.92. The summed E-state index contributed by atoms with van der Waals surface area (Å²) in [5.74, 6) is -0.311. The number of nitrogens with zero attached hydrogens (tertiary/aromatic N) is 2. The highest BCUT2D eigenvalue weighted by Gasteiger charge is 2.45. The van der Waals surface area contributed by atoms with Crippen molar-refractivity contribution in [1.29, 1.82) is 0 Å². The second kappa shape index (κ2) is 12.3. The summed E-state index contributed by atoms with van der Waals surface area (Å²) in [6, 6.07) is 0.488. The number of nitrogens with one attached hydrogen (secondary N) is 3. The first kappa shape index (κ1) is 26.1. The van der Waals surface area contributed by atoms with Crippen LogP contribution in [0.3, 0.4) is 0 Å². The minimum Gasteiger partial charge on any atom is -0.388 e. The van der Waals surface area contributed by atoms with Crippen LogP contribution in [-0.4, -0.2) is 87.5 Å². The fourth-order valence-electron chi connectivity index (χ4n) is 6.82. The van der Waals surface area contributed by atoms with Crippen LogP contribution < -0.4 is 21.7 Å². The quantitative estimate of drug-likeness (QED) is 0.424. The molecule has 5 aliphatic rings. The predicted molar refractivity (Wildman–Crippen MR) is 139 cm³/mol. The monoisotopic (exact) mass is 506 g/mol. The molecule has 0 radical (unpaired) electrons. The van der Waals surface area contributed by atoms with Gasteiger partial charge in [-0.05, 0) is 69.9 Å². The Kier molecular flexibility index (Phi) is 8.93. The minimum atomic E-state index is -1.10. The van der Waals surface area contributed by atoms with Gasteiger partial charge in [0.05, 0.1) is 31.2 Å². The molecule has 4 fully saturated rings. The number of fused-ring (bicyclic) bond motifs is 1. The standard InChI is InChI=1S/C27H44F2N6O/c28-23-12-18(13-24(29)22(23)17-35-8-10-36-11-9-35)21-2-1-3-25-27(21)34-26(16-33-25)19(14-30)15-32-20-4-6-31-7-5-20/h15-16,18,20-24,27,31-32,34H,1-14,17,30H2/b19-15+. The van der Waals surface area contributed by atoms with E-state index in [1.54, 1.807) is 0 Å². The first-order valence-electron chi connectivity index (χ1n) is 14.1. The number of hydrogen-bond acceptors (Lipinski definition) is 7. The van der Waals surface area contributed by atoms with Crippen molar-refractivity contribution < 1.29 is 13.5 Å². The fraction of sp³-hybridized carbons (Fsp3) is 0.815. The molecule has 2 saturated carbocycles. The Labute approximate surface area is 214 Å². The Morgan fingerprint density at radius 3 is 2.64 bits per heavy atom. The average molecular weight is 507 g/mol. The van der Waals surface area contributed by atoms with Crippen LogP contribution in [0, 0.1) is 17.8 Å². The van der Waals surface area contributed by atoms with Crippen LogP contribution in [-0.2, 0) is 4.74 Å². The number of piperidine rings is 1. The Balaban J connectivity index is 1.23. The van der Waals surface area contributed by atoms with Crippen LogP contribution in [0.5, 0.6) is 0 Å². The summed E-state index contributed by atoms with van der Waals surface area (Å²) >= 11 is 0. The van der Waals surface area contributed by atoms with Crippen LogP contribution in [0.4, 0.5) is 8.78 Å². The highest BCUT2D eigenvalue weighted by molar-refractivity contribution is 5.92. The topological polar surface area (TPSA) is 86.9 Å². The lowest BCUT2D eigenvalue weighted by Crippen LogP contribution is -2.53. The van der Waals surface area contributed by atoms with Gasteiger partial charge in [0.15, 0.2) is 0 Å². The van der Waals surface area contributed by atoms with Gasteiger partial charge in [0.2, 0.25) is 0 Å². The van der Waals surface area contributed by atoms with E-state index in [1.165, 1.54) is 0 Å². The van der Waals surface area contributed by atoms with Gasteiger partial charge < -0.3 is 26.4 Å². The third-order valence-corrected chi connectivity index (χ3v) is 8.99. The second-order valence-corrected chi connectivity index (χ2v) is 11.2. The van der Waals surface area contributed by atoms with E-state index in [-0.39, 0.29) is 17.9 Å². The van der Waals surface area contributed by atoms with Crippen molar-refractivity contribution in [3.63, 3.8) is 0 Å². The van der Waals surface area contributed by atoms with E-state index in [0.717, 1.165) is 75.3 Å². The van der Waals surface area contributed by atoms with Crippen LogP contribution >= 0.6 is 0 Å². The zero-order valence-electron chi connectivity index (χ0n) is 21.4. The number of halogens is 2. The van der Waals surface area contributed by atoms with E-state index >= 15 is 8.78 Å². The molecule has 202 valence electrons. The van der Waals surface area contributed by atoms with Crippen molar-refractivity contribution in [2.45, 2.75) is 69.4 Å². The summed E-state index contributed by atoms with van der Waals surface area (Å²) in [6.07, 6.45) is 7.77. The van der Waals surface area contributed by atoms with Gasteiger partial charge in [0.25, 0.3) is 0 Å². The van der Waals surface area contributed by atoms with Gasteiger partial charge in [-0.15, -0.1) is 0 Å². The van der Waals surface area contributed by atoms with E-state index in [0.29, 0.717) is 45.2 Å². The molecule has 0 aromatic rings. The van der Waals surface area contributed by atoms with Crippen LogP contribution in [0.2, 0.25) is 0 Å². The first-order valence-corrected chi connectivity index (χ1v) is 14.1. The summed E-state index contributed by atoms with van der Waals surface area (Å²) < 4.78 is 36.2. The molecule has 4 atom stereocenters. The molecular weight excluding hydrogens is 462 g/mol. The first-order chi connectivity index (χ1) is 17.6. The largest absolute Gasteiger partial charge is 0.388 e. The molecule has 0 amide bonds. The smallest absolute Gasteiger partial charge is 0.107 e.